The van der Waals surface area contributed by atoms with Crippen molar-refractivity contribution in [3.8, 4) is 0 Å². The largest absolute Gasteiger partial charge is 0.341 e. The fraction of sp³-hybridized carbons (Fsp3) is 0.500. The van der Waals surface area contributed by atoms with Crippen LogP contribution in [0.3, 0.4) is 0 Å². The zero-order valence-corrected chi connectivity index (χ0v) is 17.7. The van der Waals surface area contributed by atoms with E-state index in [1.54, 1.807) is 29.4 Å². The summed E-state index contributed by atoms with van der Waals surface area (Å²) in [5.74, 6) is 1.14. The molecule has 154 valence electrons. The fourth-order valence-corrected chi connectivity index (χ4v) is 4.59. The minimum atomic E-state index is -0.414. The van der Waals surface area contributed by atoms with Crippen LogP contribution < -0.4 is 0 Å². The van der Waals surface area contributed by atoms with Gasteiger partial charge in [-0.2, -0.15) is 0 Å². The number of hydrogen-bond donors (Lipinski definition) is 0. The molecule has 2 aliphatic heterocycles. The standard InChI is InChI=1S/C20H23Cl2N5O2/c1-25-12-23-24-18(25)13-6-9-26(10-7-13)20(29)17-3-2-8-27(17)19(28)14-4-5-15(21)16(22)11-14/h4-5,11-13,17H,2-3,6-10H2,1H3. The Morgan fingerprint density at radius 2 is 1.83 bits per heavy atom. The van der Waals surface area contributed by atoms with E-state index >= 15 is 0 Å². The molecular weight excluding hydrogens is 413 g/mol. The lowest BCUT2D eigenvalue weighted by atomic mass is 9.95. The lowest BCUT2D eigenvalue weighted by Crippen LogP contribution is -2.49. The first-order valence-corrected chi connectivity index (χ1v) is 10.6. The molecule has 0 saturated carbocycles. The zero-order valence-electron chi connectivity index (χ0n) is 16.2. The Hall–Kier alpha value is -2.12. The molecule has 4 rings (SSSR count). The summed E-state index contributed by atoms with van der Waals surface area (Å²) in [4.78, 5) is 29.7. The van der Waals surface area contributed by atoms with Crippen LogP contribution in [0, 0.1) is 0 Å². The van der Waals surface area contributed by atoms with Crippen LogP contribution in [0.4, 0.5) is 0 Å². The molecule has 1 aromatic carbocycles. The summed E-state index contributed by atoms with van der Waals surface area (Å²) >= 11 is 12.0. The molecule has 1 atom stereocenters. The Balaban J connectivity index is 1.42. The van der Waals surface area contributed by atoms with Gasteiger partial charge in [0.2, 0.25) is 5.91 Å². The van der Waals surface area contributed by atoms with Gasteiger partial charge in [0.1, 0.15) is 18.2 Å². The molecule has 2 saturated heterocycles. The molecule has 2 aromatic rings. The molecule has 0 bridgehead atoms. The number of hydrogen-bond acceptors (Lipinski definition) is 4. The van der Waals surface area contributed by atoms with E-state index in [1.165, 1.54) is 0 Å². The Bertz CT molecular complexity index is 923. The molecule has 0 spiro atoms. The quantitative estimate of drug-likeness (QED) is 0.742. The first-order valence-electron chi connectivity index (χ1n) is 9.84. The van der Waals surface area contributed by atoms with E-state index in [9.17, 15) is 9.59 Å². The van der Waals surface area contributed by atoms with Gasteiger partial charge in [-0.15, -0.1) is 10.2 Å². The highest BCUT2D eigenvalue weighted by Crippen LogP contribution is 2.30. The highest BCUT2D eigenvalue weighted by Gasteiger charge is 2.38. The van der Waals surface area contributed by atoms with E-state index in [0.717, 1.165) is 25.1 Å². The van der Waals surface area contributed by atoms with E-state index in [0.29, 0.717) is 47.6 Å². The Morgan fingerprint density at radius 3 is 2.48 bits per heavy atom. The van der Waals surface area contributed by atoms with Gasteiger partial charge in [0.05, 0.1) is 10.0 Å². The van der Waals surface area contributed by atoms with Crippen molar-refractivity contribution >= 4 is 35.0 Å². The number of nitrogens with zero attached hydrogens (tertiary/aromatic N) is 5. The average Bonchev–Trinajstić information content (AvgIpc) is 3.38. The molecule has 0 N–H and O–H groups in total. The second kappa shape index (κ2) is 8.32. The van der Waals surface area contributed by atoms with Crippen LogP contribution in [0.5, 0.6) is 0 Å². The monoisotopic (exact) mass is 435 g/mol. The van der Waals surface area contributed by atoms with Gasteiger partial charge in [0.25, 0.3) is 5.91 Å². The molecule has 1 unspecified atom stereocenters. The topological polar surface area (TPSA) is 71.3 Å². The maximum Gasteiger partial charge on any atom is 0.254 e. The van der Waals surface area contributed by atoms with Crippen molar-refractivity contribution in [2.75, 3.05) is 19.6 Å². The summed E-state index contributed by atoms with van der Waals surface area (Å²) in [5.41, 5.74) is 0.458. The average molecular weight is 436 g/mol. The third-order valence-corrected chi connectivity index (χ3v) is 6.62. The van der Waals surface area contributed by atoms with Crippen LogP contribution in [-0.4, -0.2) is 62.1 Å². The SMILES string of the molecule is Cn1cnnc1C1CCN(C(=O)C2CCCN2C(=O)c2ccc(Cl)c(Cl)c2)CC1. The van der Waals surface area contributed by atoms with Gasteiger partial charge in [0.15, 0.2) is 0 Å². The van der Waals surface area contributed by atoms with Crippen LogP contribution in [-0.2, 0) is 11.8 Å². The molecule has 2 fully saturated rings. The highest BCUT2D eigenvalue weighted by molar-refractivity contribution is 6.42. The number of carbonyl (C=O) groups excluding carboxylic acids is 2. The molecular formula is C20H23Cl2N5O2. The number of carbonyl (C=O) groups is 2. The third kappa shape index (κ3) is 3.98. The van der Waals surface area contributed by atoms with Crippen molar-refractivity contribution in [1.82, 2.24) is 24.6 Å². The third-order valence-electron chi connectivity index (χ3n) is 5.88. The van der Waals surface area contributed by atoms with Crippen molar-refractivity contribution in [2.45, 2.75) is 37.6 Å². The summed E-state index contributed by atoms with van der Waals surface area (Å²) in [6.45, 7) is 1.91. The number of rotatable bonds is 3. The van der Waals surface area contributed by atoms with Crippen molar-refractivity contribution in [3.63, 3.8) is 0 Å². The number of piperidine rings is 1. The van der Waals surface area contributed by atoms with E-state index in [2.05, 4.69) is 10.2 Å². The lowest BCUT2D eigenvalue weighted by molar-refractivity contribution is -0.136. The maximum atomic E-state index is 13.2. The molecule has 2 aliphatic rings. The van der Waals surface area contributed by atoms with E-state index in [-0.39, 0.29) is 11.8 Å². The van der Waals surface area contributed by atoms with Crippen molar-refractivity contribution < 1.29 is 9.59 Å². The number of likely N-dealkylation sites (tertiary alicyclic amines) is 2. The molecule has 1 aromatic heterocycles. The molecule has 0 aliphatic carbocycles. The van der Waals surface area contributed by atoms with Crippen LogP contribution >= 0.6 is 23.2 Å². The van der Waals surface area contributed by atoms with Crippen molar-refractivity contribution in [3.05, 3.63) is 46.0 Å². The second-order valence-corrected chi connectivity index (χ2v) is 8.50. The first kappa shape index (κ1) is 20.2. The summed E-state index contributed by atoms with van der Waals surface area (Å²) in [5, 5.41) is 8.90. The molecule has 9 heteroatoms. The van der Waals surface area contributed by atoms with E-state index in [1.807, 2.05) is 16.5 Å². The second-order valence-electron chi connectivity index (χ2n) is 7.69. The minimum absolute atomic E-state index is 0.0346. The Kier molecular flexibility index (Phi) is 5.79. The highest BCUT2D eigenvalue weighted by atomic mass is 35.5. The van der Waals surface area contributed by atoms with Crippen LogP contribution in [0.1, 0.15) is 47.8 Å². The number of benzene rings is 1. The van der Waals surface area contributed by atoms with E-state index in [4.69, 9.17) is 23.2 Å². The summed E-state index contributed by atoms with van der Waals surface area (Å²) in [6.07, 6.45) is 4.92. The molecule has 3 heterocycles. The van der Waals surface area contributed by atoms with Gasteiger partial charge in [-0.3, -0.25) is 9.59 Å². The lowest BCUT2D eigenvalue weighted by Gasteiger charge is -2.35. The van der Waals surface area contributed by atoms with Gasteiger partial charge in [-0.25, -0.2) is 0 Å². The molecule has 0 radical (unpaired) electrons. The predicted octanol–water partition coefficient (Wildman–Crippen LogP) is 3.13. The normalized spacial score (nSPS) is 20.3. The number of aryl methyl sites for hydroxylation is 1. The summed E-state index contributed by atoms with van der Waals surface area (Å²) in [6, 6.07) is 4.42. The maximum absolute atomic E-state index is 13.2. The Labute approximate surface area is 179 Å². The van der Waals surface area contributed by atoms with E-state index < -0.39 is 6.04 Å². The number of aromatic nitrogens is 3. The van der Waals surface area contributed by atoms with Crippen LogP contribution in [0.15, 0.2) is 24.5 Å². The fourth-order valence-electron chi connectivity index (χ4n) is 4.29. The first-order chi connectivity index (χ1) is 14.0. The Morgan fingerprint density at radius 1 is 1.07 bits per heavy atom. The number of amides is 2. The summed E-state index contributed by atoms with van der Waals surface area (Å²) < 4.78 is 1.94. The zero-order chi connectivity index (χ0) is 20.5. The predicted molar refractivity (Wildman–Crippen MR) is 110 cm³/mol. The van der Waals surface area contributed by atoms with Gasteiger partial charge in [-0.05, 0) is 43.9 Å². The minimum Gasteiger partial charge on any atom is -0.341 e. The van der Waals surface area contributed by atoms with Crippen LogP contribution in [0.25, 0.3) is 0 Å². The smallest absolute Gasteiger partial charge is 0.254 e. The van der Waals surface area contributed by atoms with Crippen molar-refractivity contribution in [1.29, 1.82) is 0 Å². The van der Waals surface area contributed by atoms with Gasteiger partial charge in [0, 0.05) is 38.2 Å². The molecule has 2 amide bonds. The van der Waals surface area contributed by atoms with Gasteiger partial charge >= 0.3 is 0 Å². The number of halogens is 2. The molecule has 29 heavy (non-hydrogen) atoms. The van der Waals surface area contributed by atoms with Gasteiger partial charge in [-0.1, -0.05) is 23.2 Å². The summed E-state index contributed by atoms with van der Waals surface area (Å²) in [7, 11) is 1.94. The van der Waals surface area contributed by atoms with Crippen molar-refractivity contribution in [2.24, 2.45) is 7.05 Å². The molecule has 7 nitrogen and oxygen atoms in total. The van der Waals surface area contributed by atoms with Crippen LogP contribution in [0.2, 0.25) is 10.0 Å². The van der Waals surface area contributed by atoms with Gasteiger partial charge < -0.3 is 14.4 Å².